The highest BCUT2D eigenvalue weighted by atomic mass is 16.5. The van der Waals surface area contributed by atoms with Crippen LogP contribution in [0.4, 0.5) is 0 Å². The van der Waals surface area contributed by atoms with Crippen LogP contribution >= 0.6 is 0 Å². The van der Waals surface area contributed by atoms with Gasteiger partial charge in [-0.3, -0.25) is 14.5 Å². The van der Waals surface area contributed by atoms with E-state index >= 15 is 0 Å². The lowest BCUT2D eigenvalue weighted by atomic mass is 9.96. The molecular formula is C20H31N3O3. The van der Waals surface area contributed by atoms with Crippen molar-refractivity contribution < 1.29 is 14.3 Å². The quantitative estimate of drug-likeness (QED) is 0.615. The molecule has 1 heterocycles. The summed E-state index contributed by atoms with van der Waals surface area (Å²) in [5.41, 5.74) is 1.23. The van der Waals surface area contributed by atoms with E-state index in [9.17, 15) is 9.59 Å². The first-order valence-corrected chi connectivity index (χ1v) is 9.48. The number of likely N-dealkylation sites (tertiary alicyclic amines) is 1. The molecular weight excluding hydrogens is 330 g/mol. The molecule has 0 aliphatic carbocycles. The summed E-state index contributed by atoms with van der Waals surface area (Å²) in [4.78, 5) is 26.3. The topological polar surface area (TPSA) is 70.7 Å². The number of hydrogen-bond acceptors (Lipinski definition) is 4. The average Bonchev–Trinajstić information content (AvgIpc) is 2.66. The Morgan fingerprint density at radius 1 is 1.12 bits per heavy atom. The highest BCUT2D eigenvalue weighted by Gasteiger charge is 2.25. The molecule has 144 valence electrons. The maximum absolute atomic E-state index is 12.1. The summed E-state index contributed by atoms with van der Waals surface area (Å²) < 4.78 is 4.98. The molecule has 1 saturated heterocycles. The molecule has 0 bridgehead atoms. The van der Waals surface area contributed by atoms with Gasteiger partial charge in [0.2, 0.25) is 11.8 Å². The van der Waals surface area contributed by atoms with Crippen molar-refractivity contribution in [2.45, 2.75) is 25.7 Å². The minimum absolute atomic E-state index is 0.0587. The van der Waals surface area contributed by atoms with Gasteiger partial charge in [0.05, 0.1) is 6.54 Å². The van der Waals surface area contributed by atoms with Crippen molar-refractivity contribution in [1.29, 1.82) is 0 Å². The molecule has 6 nitrogen and oxygen atoms in total. The minimum Gasteiger partial charge on any atom is -0.385 e. The van der Waals surface area contributed by atoms with Gasteiger partial charge in [0.1, 0.15) is 0 Å². The molecule has 26 heavy (non-hydrogen) atoms. The van der Waals surface area contributed by atoms with Gasteiger partial charge in [-0.05, 0) is 44.3 Å². The molecule has 1 aromatic rings. The smallest absolute Gasteiger partial charge is 0.234 e. The van der Waals surface area contributed by atoms with Gasteiger partial charge in [-0.15, -0.1) is 0 Å². The van der Waals surface area contributed by atoms with Crippen molar-refractivity contribution in [2.24, 2.45) is 5.92 Å². The van der Waals surface area contributed by atoms with E-state index in [-0.39, 0.29) is 17.7 Å². The van der Waals surface area contributed by atoms with Crippen LogP contribution < -0.4 is 10.6 Å². The molecule has 0 unspecified atom stereocenters. The van der Waals surface area contributed by atoms with Crippen molar-refractivity contribution in [3.63, 3.8) is 0 Å². The number of amides is 2. The summed E-state index contributed by atoms with van der Waals surface area (Å²) in [5.74, 6) is 0.256. The Kier molecular flexibility index (Phi) is 9.14. The van der Waals surface area contributed by atoms with Gasteiger partial charge in [0.15, 0.2) is 0 Å². The molecule has 2 N–H and O–H groups in total. The van der Waals surface area contributed by atoms with Crippen molar-refractivity contribution in [2.75, 3.05) is 46.4 Å². The zero-order valence-corrected chi connectivity index (χ0v) is 15.7. The number of methoxy groups -OCH3 is 1. The summed E-state index contributed by atoms with van der Waals surface area (Å²) in [6, 6.07) is 10.1. The summed E-state index contributed by atoms with van der Waals surface area (Å²) in [6.07, 6.45) is 3.31. The Morgan fingerprint density at radius 2 is 1.85 bits per heavy atom. The van der Waals surface area contributed by atoms with Gasteiger partial charge in [-0.2, -0.15) is 0 Å². The van der Waals surface area contributed by atoms with Crippen molar-refractivity contribution in [3.05, 3.63) is 35.9 Å². The molecule has 2 amide bonds. The van der Waals surface area contributed by atoms with Crippen molar-refractivity contribution >= 4 is 11.8 Å². The molecule has 1 aromatic carbocycles. The zero-order chi connectivity index (χ0) is 18.6. The third-order valence-corrected chi connectivity index (χ3v) is 4.73. The monoisotopic (exact) mass is 361 g/mol. The van der Waals surface area contributed by atoms with E-state index in [0.29, 0.717) is 26.2 Å². The Morgan fingerprint density at radius 3 is 2.54 bits per heavy atom. The fraction of sp³-hybridized carbons (Fsp3) is 0.600. The fourth-order valence-electron chi connectivity index (χ4n) is 3.18. The second-order valence-electron chi connectivity index (χ2n) is 6.77. The average molecular weight is 361 g/mol. The lowest BCUT2D eigenvalue weighted by Gasteiger charge is -2.30. The molecule has 1 aliphatic rings. The Hall–Kier alpha value is -1.92. The van der Waals surface area contributed by atoms with Crippen molar-refractivity contribution in [1.82, 2.24) is 15.5 Å². The number of nitrogens with zero attached hydrogens (tertiary/aromatic N) is 1. The number of piperidine rings is 1. The van der Waals surface area contributed by atoms with Gasteiger partial charge >= 0.3 is 0 Å². The number of carbonyl (C=O) groups excluding carboxylic acids is 2. The largest absolute Gasteiger partial charge is 0.385 e. The third-order valence-electron chi connectivity index (χ3n) is 4.73. The van der Waals surface area contributed by atoms with Crippen LogP contribution in [0.5, 0.6) is 0 Å². The SMILES string of the molecule is COCCCNC(=O)C1CCN(CC(=O)NCCc2ccccc2)CC1. The lowest BCUT2D eigenvalue weighted by Crippen LogP contribution is -2.44. The van der Waals surface area contributed by atoms with E-state index in [1.165, 1.54) is 5.56 Å². The number of carbonyl (C=O) groups is 2. The van der Waals surface area contributed by atoms with Gasteiger partial charge in [-0.1, -0.05) is 30.3 Å². The highest BCUT2D eigenvalue weighted by Crippen LogP contribution is 2.17. The first kappa shape index (κ1) is 20.4. The molecule has 1 fully saturated rings. The van der Waals surface area contributed by atoms with Gasteiger partial charge < -0.3 is 15.4 Å². The van der Waals surface area contributed by atoms with Gasteiger partial charge in [-0.25, -0.2) is 0 Å². The van der Waals surface area contributed by atoms with Crippen LogP contribution in [0.2, 0.25) is 0 Å². The predicted octanol–water partition coefficient (Wildman–Crippen LogP) is 1.21. The van der Waals surface area contributed by atoms with Gasteiger partial charge in [0, 0.05) is 32.7 Å². The second kappa shape index (κ2) is 11.6. The molecule has 0 saturated carbocycles. The first-order valence-electron chi connectivity index (χ1n) is 9.48. The van der Waals surface area contributed by atoms with E-state index in [1.807, 2.05) is 18.2 Å². The van der Waals surface area contributed by atoms with E-state index in [4.69, 9.17) is 4.74 Å². The molecule has 0 aromatic heterocycles. The summed E-state index contributed by atoms with van der Waals surface area (Å²) in [6.45, 7) is 3.99. The van der Waals surface area contributed by atoms with Crippen LogP contribution in [0.3, 0.4) is 0 Å². The van der Waals surface area contributed by atoms with Crippen LogP contribution in [-0.2, 0) is 20.7 Å². The molecule has 0 radical (unpaired) electrons. The maximum atomic E-state index is 12.1. The molecule has 1 aliphatic heterocycles. The lowest BCUT2D eigenvalue weighted by molar-refractivity contribution is -0.126. The molecule has 6 heteroatoms. The first-order chi connectivity index (χ1) is 12.7. The Bertz CT molecular complexity index is 542. The Balaban J connectivity index is 1.57. The number of nitrogens with one attached hydrogen (secondary N) is 2. The predicted molar refractivity (Wildman–Crippen MR) is 102 cm³/mol. The molecule has 0 spiro atoms. The third kappa shape index (κ3) is 7.54. The van der Waals surface area contributed by atoms with E-state index in [2.05, 4.69) is 27.7 Å². The second-order valence-corrected chi connectivity index (χ2v) is 6.77. The summed E-state index contributed by atoms with van der Waals surface area (Å²) >= 11 is 0. The van der Waals surface area contributed by atoms with E-state index in [0.717, 1.165) is 38.8 Å². The summed E-state index contributed by atoms with van der Waals surface area (Å²) in [7, 11) is 1.66. The normalized spacial score (nSPS) is 15.6. The molecule has 2 rings (SSSR count). The minimum atomic E-state index is 0.0587. The van der Waals surface area contributed by atoms with Crippen LogP contribution in [-0.4, -0.2) is 63.2 Å². The van der Waals surface area contributed by atoms with Crippen LogP contribution in [0.1, 0.15) is 24.8 Å². The number of hydrogen-bond donors (Lipinski definition) is 2. The number of ether oxygens (including phenoxy) is 1. The zero-order valence-electron chi connectivity index (χ0n) is 15.7. The molecule has 0 atom stereocenters. The highest BCUT2D eigenvalue weighted by molar-refractivity contribution is 5.79. The van der Waals surface area contributed by atoms with E-state index in [1.54, 1.807) is 7.11 Å². The van der Waals surface area contributed by atoms with Gasteiger partial charge in [0.25, 0.3) is 0 Å². The van der Waals surface area contributed by atoms with E-state index < -0.39 is 0 Å². The summed E-state index contributed by atoms with van der Waals surface area (Å²) in [5, 5.41) is 5.95. The van der Waals surface area contributed by atoms with Crippen LogP contribution in [0.25, 0.3) is 0 Å². The van der Waals surface area contributed by atoms with Crippen molar-refractivity contribution in [3.8, 4) is 0 Å². The Labute approximate surface area is 156 Å². The standard InChI is InChI=1S/C20H31N3O3/c1-26-15-5-11-22-20(25)18-9-13-23(14-10-18)16-19(24)21-12-8-17-6-3-2-4-7-17/h2-4,6-7,18H,5,8-16H2,1H3,(H,21,24)(H,22,25). The number of benzene rings is 1. The van der Waals surface area contributed by atoms with Crippen LogP contribution in [0, 0.1) is 5.92 Å². The number of rotatable bonds is 10. The fourth-order valence-corrected chi connectivity index (χ4v) is 3.18. The van der Waals surface area contributed by atoms with Crippen LogP contribution in [0.15, 0.2) is 30.3 Å². The maximum Gasteiger partial charge on any atom is 0.234 e.